The van der Waals surface area contributed by atoms with Crippen molar-refractivity contribution in [2.45, 2.75) is 12.7 Å². The van der Waals surface area contributed by atoms with E-state index in [0.29, 0.717) is 22.9 Å². The lowest BCUT2D eigenvalue weighted by atomic mass is 10.1. The molecule has 0 saturated heterocycles. The lowest BCUT2D eigenvalue weighted by Crippen LogP contribution is -2.26. The second kappa shape index (κ2) is 8.02. The van der Waals surface area contributed by atoms with Crippen LogP contribution in [0.3, 0.4) is 0 Å². The van der Waals surface area contributed by atoms with Crippen molar-refractivity contribution in [1.29, 1.82) is 0 Å². The molecule has 146 valence electrons. The van der Waals surface area contributed by atoms with Crippen LogP contribution in [0.1, 0.15) is 21.6 Å². The molecule has 0 radical (unpaired) electrons. The van der Waals surface area contributed by atoms with Crippen LogP contribution in [-0.2, 0) is 12.7 Å². The summed E-state index contributed by atoms with van der Waals surface area (Å²) in [6.45, 7) is 0.319. The first-order valence-corrected chi connectivity index (χ1v) is 9.18. The van der Waals surface area contributed by atoms with Gasteiger partial charge in [0.2, 0.25) is 0 Å². The molecule has 0 unspecified atom stereocenters. The highest BCUT2D eigenvalue weighted by molar-refractivity contribution is 7.13. The Bertz CT molecular complexity index is 985. The third kappa shape index (κ3) is 4.33. The van der Waals surface area contributed by atoms with E-state index in [9.17, 15) is 18.0 Å². The average molecular weight is 406 g/mol. The third-order valence-corrected chi connectivity index (χ3v) is 5.00. The minimum Gasteiger partial charge on any atom is -0.496 e. The van der Waals surface area contributed by atoms with Crippen LogP contribution in [0.2, 0.25) is 0 Å². The molecule has 1 heterocycles. The number of hydrogen-bond acceptors (Lipinski definition) is 4. The molecule has 0 bridgehead atoms. The quantitative estimate of drug-likeness (QED) is 0.591. The summed E-state index contributed by atoms with van der Waals surface area (Å²) in [6, 6.07) is 12.3. The number of thiazole rings is 1. The lowest BCUT2D eigenvalue weighted by molar-refractivity contribution is -0.137. The number of aromatic nitrogens is 1. The number of alkyl halides is 3. The molecule has 0 atom stereocenters. The molecule has 0 fully saturated rings. The van der Waals surface area contributed by atoms with E-state index in [2.05, 4.69) is 4.98 Å². The van der Waals surface area contributed by atoms with Gasteiger partial charge in [-0.1, -0.05) is 30.3 Å². The highest BCUT2D eigenvalue weighted by Crippen LogP contribution is 2.33. The Kier molecular flexibility index (Phi) is 5.69. The van der Waals surface area contributed by atoms with Gasteiger partial charge in [-0.3, -0.25) is 4.79 Å². The van der Waals surface area contributed by atoms with Crippen LogP contribution >= 0.6 is 11.3 Å². The Morgan fingerprint density at radius 1 is 1.18 bits per heavy atom. The molecule has 3 rings (SSSR count). The summed E-state index contributed by atoms with van der Waals surface area (Å²) in [5, 5.41) is 1.91. The zero-order valence-corrected chi connectivity index (χ0v) is 16.0. The summed E-state index contributed by atoms with van der Waals surface area (Å²) in [5.41, 5.74) is 0.608. The van der Waals surface area contributed by atoms with Crippen molar-refractivity contribution in [3.63, 3.8) is 0 Å². The van der Waals surface area contributed by atoms with E-state index >= 15 is 0 Å². The van der Waals surface area contributed by atoms with Gasteiger partial charge in [-0.2, -0.15) is 13.2 Å². The summed E-state index contributed by atoms with van der Waals surface area (Å²) >= 11 is 1.13. The average Bonchev–Trinajstić information content (AvgIpc) is 3.17. The van der Waals surface area contributed by atoms with Gasteiger partial charge >= 0.3 is 6.18 Å². The van der Waals surface area contributed by atoms with Gasteiger partial charge in [-0.25, -0.2) is 4.98 Å². The number of carbonyl (C=O) groups is 1. The van der Waals surface area contributed by atoms with E-state index < -0.39 is 11.7 Å². The van der Waals surface area contributed by atoms with Crippen LogP contribution in [0.25, 0.3) is 10.6 Å². The maximum Gasteiger partial charge on any atom is 0.416 e. The summed E-state index contributed by atoms with van der Waals surface area (Å²) in [6.07, 6.45) is -4.43. The fourth-order valence-corrected chi connectivity index (χ4v) is 3.48. The number of amides is 1. The van der Waals surface area contributed by atoms with Gasteiger partial charge in [0, 0.05) is 30.1 Å². The maximum absolute atomic E-state index is 12.9. The molecule has 8 heteroatoms. The minimum atomic E-state index is -4.43. The van der Waals surface area contributed by atoms with Gasteiger partial charge in [0.15, 0.2) is 0 Å². The zero-order valence-electron chi connectivity index (χ0n) is 15.2. The van der Waals surface area contributed by atoms with E-state index in [-0.39, 0.29) is 11.6 Å². The van der Waals surface area contributed by atoms with Crippen molar-refractivity contribution in [1.82, 2.24) is 9.88 Å². The monoisotopic (exact) mass is 406 g/mol. The van der Waals surface area contributed by atoms with Crippen LogP contribution in [0.5, 0.6) is 5.75 Å². The number of ether oxygens (including phenoxy) is 1. The molecule has 0 spiro atoms. The van der Waals surface area contributed by atoms with Gasteiger partial charge in [0.05, 0.1) is 12.7 Å². The van der Waals surface area contributed by atoms with Crippen molar-refractivity contribution in [2.75, 3.05) is 14.2 Å². The van der Waals surface area contributed by atoms with Crippen LogP contribution in [0.15, 0.2) is 53.9 Å². The van der Waals surface area contributed by atoms with Gasteiger partial charge in [0.25, 0.3) is 5.91 Å². The predicted octanol–water partition coefficient (Wildman–Crippen LogP) is 5.11. The first-order chi connectivity index (χ1) is 13.3. The molecule has 2 aromatic carbocycles. The topological polar surface area (TPSA) is 42.4 Å². The van der Waals surface area contributed by atoms with E-state index in [1.54, 1.807) is 25.6 Å². The molecule has 0 aliphatic carbocycles. The van der Waals surface area contributed by atoms with E-state index in [1.807, 2.05) is 24.3 Å². The molecule has 3 aromatic rings. The summed E-state index contributed by atoms with van der Waals surface area (Å²) in [4.78, 5) is 18.4. The Morgan fingerprint density at radius 3 is 2.64 bits per heavy atom. The molecule has 4 nitrogen and oxygen atoms in total. The predicted molar refractivity (Wildman–Crippen MR) is 101 cm³/mol. The standard InChI is InChI=1S/C20H17F3N2O2S/c1-25(11-14-6-3-4-9-17(14)27-2)19(26)16-12-28-18(24-16)13-7-5-8-15(10-13)20(21,22)23/h3-10,12H,11H2,1-2H3. The number of halogens is 3. The van der Waals surface area contributed by atoms with Crippen molar-refractivity contribution in [2.24, 2.45) is 0 Å². The van der Waals surface area contributed by atoms with Gasteiger partial charge < -0.3 is 9.64 Å². The van der Waals surface area contributed by atoms with Gasteiger partial charge in [-0.05, 0) is 18.2 Å². The Balaban J connectivity index is 1.79. The summed E-state index contributed by atoms with van der Waals surface area (Å²) in [7, 11) is 3.19. The molecule has 0 aliphatic heterocycles. The Labute approximate surface area is 164 Å². The fourth-order valence-electron chi connectivity index (χ4n) is 2.69. The first-order valence-electron chi connectivity index (χ1n) is 8.30. The number of methoxy groups -OCH3 is 1. The first kappa shape index (κ1) is 19.9. The number of para-hydroxylation sites is 1. The van der Waals surface area contributed by atoms with Crippen LogP contribution in [0.4, 0.5) is 13.2 Å². The number of rotatable bonds is 5. The second-order valence-electron chi connectivity index (χ2n) is 6.09. The largest absolute Gasteiger partial charge is 0.496 e. The minimum absolute atomic E-state index is 0.190. The van der Waals surface area contributed by atoms with Crippen molar-refractivity contribution < 1.29 is 22.7 Å². The molecule has 1 aromatic heterocycles. The Morgan fingerprint density at radius 2 is 1.93 bits per heavy atom. The molecule has 0 N–H and O–H groups in total. The van der Waals surface area contributed by atoms with Crippen LogP contribution in [0, 0.1) is 0 Å². The number of benzene rings is 2. The zero-order chi connectivity index (χ0) is 20.3. The maximum atomic E-state index is 12.9. The Hall–Kier alpha value is -2.87. The van der Waals surface area contributed by atoms with Crippen LogP contribution < -0.4 is 4.74 Å². The van der Waals surface area contributed by atoms with Crippen molar-refractivity contribution in [3.8, 4) is 16.3 Å². The van der Waals surface area contributed by atoms with E-state index in [4.69, 9.17) is 4.74 Å². The van der Waals surface area contributed by atoms with Crippen LogP contribution in [-0.4, -0.2) is 29.9 Å². The second-order valence-corrected chi connectivity index (χ2v) is 6.95. The molecular weight excluding hydrogens is 389 g/mol. The smallest absolute Gasteiger partial charge is 0.416 e. The highest BCUT2D eigenvalue weighted by atomic mass is 32.1. The van der Waals surface area contributed by atoms with Crippen molar-refractivity contribution >= 4 is 17.2 Å². The van der Waals surface area contributed by atoms with E-state index in [0.717, 1.165) is 29.0 Å². The molecule has 28 heavy (non-hydrogen) atoms. The summed E-state index contributed by atoms with van der Waals surface area (Å²) in [5.74, 6) is 0.352. The van der Waals surface area contributed by atoms with E-state index in [1.165, 1.54) is 11.0 Å². The van der Waals surface area contributed by atoms with Gasteiger partial charge in [-0.15, -0.1) is 11.3 Å². The molecular formula is C20H17F3N2O2S. The highest BCUT2D eigenvalue weighted by Gasteiger charge is 2.30. The summed E-state index contributed by atoms with van der Waals surface area (Å²) < 4.78 is 44.0. The molecule has 0 saturated carbocycles. The molecule has 1 amide bonds. The lowest BCUT2D eigenvalue weighted by Gasteiger charge is -2.17. The normalized spacial score (nSPS) is 11.3. The number of hydrogen-bond donors (Lipinski definition) is 0. The fraction of sp³-hybridized carbons (Fsp3) is 0.200. The van der Waals surface area contributed by atoms with Gasteiger partial charge in [0.1, 0.15) is 16.5 Å². The SMILES string of the molecule is COc1ccccc1CN(C)C(=O)c1csc(-c2cccc(C(F)(F)F)c2)n1. The third-order valence-electron chi connectivity index (χ3n) is 4.11. The number of nitrogens with zero attached hydrogens (tertiary/aromatic N) is 2. The number of carbonyl (C=O) groups excluding carboxylic acids is 1. The molecule has 0 aliphatic rings. The van der Waals surface area contributed by atoms with Crippen molar-refractivity contribution in [3.05, 3.63) is 70.7 Å².